The van der Waals surface area contributed by atoms with Crippen LogP contribution in [0.15, 0.2) is 23.8 Å². The first kappa shape index (κ1) is 13.5. The molecule has 2 heteroatoms. The fourth-order valence-electron chi connectivity index (χ4n) is 1.95. The zero-order chi connectivity index (χ0) is 12.0. The lowest BCUT2D eigenvalue weighted by Gasteiger charge is -2.26. The highest BCUT2D eigenvalue weighted by Gasteiger charge is 2.20. The van der Waals surface area contributed by atoms with E-state index in [1.54, 1.807) is 0 Å². The monoisotopic (exact) mass is 224 g/mol. The highest BCUT2D eigenvalue weighted by Crippen LogP contribution is 2.30. The Morgan fingerprint density at radius 2 is 2.25 bits per heavy atom. The molecule has 1 saturated carbocycles. The second-order valence-corrected chi connectivity index (χ2v) is 4.68. The molecule has 0 amide bonds. The minimum Gasteiger partial charge on any atom is -0.356 e. The van der Waals surface area contributed by atoms with E-state index < -0.39 is 0 Å². The highest BCUT2D eigenvalue weighted by molar-refractivity contribution is 5.31. The first-order valence-corrected chi connectivity index (χ1v) is 6.21. The van der Waals surface area contributed by atoms with Gasteiger partial charge >= 0.3 is 0 Å². The zero-order valence-corrected chi connectivity index (χ0v) is 10.8. The first-order chi connectivity index (χ1) is 7.63. The fourth-order valence-corrected chi connectivity index (χ4v) is 1.95. The van der Waals surface area contributed by atoms with Gasteiger partial charge in [0.25, 0.3) is 0 Å². The average Bonchev–Trinajstić information content (AvgIpc) is 2.22. The van der Waals surface area contributed by atoms with Crippen LogP contribution >= 0.6 is 0 Å². The van der Waals surface area contributed by atoms with Gasteiger partial charge in [-0.25, -0.2) is 0 Å². The molecule has 92 valence electrons. The molecule has 0 saturated heterocycles. The molecule has 1 aliphatic carbocycles. The predicted molar refractivity (Wildman–Crippen MR) is 67.3 cm³/mol. The van der Waals surface area contributed by atoms with E-state index in [9.17, 15) is 0 Å². The molecule has 1 fully saturated rings. The molecule has 0 aromatic carbocycles. The van der Waals surface area contributed by atoms with Crippen LogP contribution in [0.4, 0.5) is 0 Å². The molecule has 0 spiro atoms. The normalized spacial score (nSPS) is 24.4. The number of hydrogen-bond acceptors (Lipinski definition) is 2. The number of rotatable bonds is 5. The number of ether oxygens (including phenoxy) is 2. The van der Waals surface area contributed by atoms with Crippen molar-refractivity contribution in [3.8, 4) is 0 Å². The molecule has 2 nitrogen and oxygen atoms in total. The SMILES string of the molecule is C=C1CCC(OCOCC)CC1=CC(C)C. The maximum absolute atomic E-state index is 5.68. The van der Waals surface area contributed by atoms with E-state index in [1.165, 1.54) is 11.1 Å². The average molecular weight is 224 g/mol. The van der Waals surface area contributed by atoms with Gasteiger partial charge in [-0.1, -0.05) is 32.1 Å². The van der Waals surface area contributed by atoms with Crippen molar-refractivity contribution in [1.82, 2.24) is 0 Å². The molecule has 0 bridgehead atoms. The molecule has 0 aromatic rings. The van der Waals surface area contributed by atoms with Gasteiger partial charge in [0.05, 0.1) is 6.10 Å². The van der Waals surface area contributed by atoms with Crippen LogP contribution in [-0.4, -0.2) is 19.5 Å². The molecular formula is C14H24O2. The molecule has 0 N–H and O–H groups in total. The molecule has 1 unspecified atom stereocenters. The lowest BCUT2D eigenvalue weighted by molar-refractivity contribution is -0.0891. The van der Waals surface area contributed by atoms with Gasteiger partial charge in [0, 0.05) is 6.61 Å². The minimum atomic E-state index is 0.307. The van der Waals surface area contributed by atoms with Crippen LogP contribution in [0.25, 0.3) is 0 Å². The molecular weight excluding hydrogens is 200 g/mol. The van der Waals surface area contributed by atoms with Crippen molar-refractivity contribution in [1.29, 1.82) is 0 Å². The molecule has 0 aromatic heterocycles. The van der Waals surface area contributed by atoms with Gasteiger partial charge in [0.15, 0.2) is 0 Å². The van der Waals surface area contributed by atoms with Gasteiger partial charge < -0.3 is 9.47 Å². The van der Waals surface area contributed by atoms with Crippen molar-refractivity contribution in [2.45, 2.75) is 46.1 Å². The third kappa shape index (κ3) is 4.50. The summed E-state index contributed by atoms with van der Waals surface area (Å²) in [5.41, 5.74) is 2.66. The third-order valence-corrected chi connectivity index (χ3v) is 2.80. The maximum atomic E-state index is 5.68. The Bertz CT molecular complexity index is 253. The summed E-state index contributed by atoms with van der Waals surface area (Å²) in [4.78, 5) is 0. The van der Waals surface area contributed by atoms with Crippen LogP contribution in [0.2, 0.25) is 0 Å². The second-order valence-electron chi connectivity index (χ2n) is 4.68. The Labute approximate surface area is 99.3 Å². The van der Waals surface area contributed by atoms with E-state index in [4.69, 9.17) is 9.47 Å². The Kier molecular flexibility index (Phi) is 5.78. The summed E-state index contributed by atoms with van der Waals surface area (Å²) < 4.78 is 10.9. The van der Waals surface area contributed by atoms with Gasteiger partial charge in [-0.05, 0) is 37.7 Å². The topological polar surface area (TPSA) is 18.5 Å². The molecule has 1 rings (SSSR count). The number of hydrogen-bond donors (Lipinski definition) is 0. The maximum Gasteiger partial charge on any atom is 0.147 e. The molecule has 0 aliphatic heterocycles. The van der Waals surface area contributed by atoms with E-state index in [0.29, 0.717) is 25.4 Å². The summed E-state index contributed by atoms with van der Waals surface area (Å²) >= 11 is 0. The molecule has 1 atom stereocenters. The standard InChI is InChI=1S/C14H24O2/c1-5-15-10-16-14-7-6-12(4)13(9-14)8-11(2)3/h8,11,14H,4-7,9-10H2,1-3H3. The first-order valence-electron chi connectivity index (χ1n) is 6.21. The molecule has 0 radical (unpaired) electrons. The summed E-state index contributed by atoms with van der Waals surface area (Å²) in [6, 6.07) is 0. The van der Waals surface area contributed by atoms with Crippen LogP contribution in [0.5, 0.6) is 0 Å². The lowest BCUT2D eigenvalue weighted by Crippen LogP contribution is -2.21. The van der Waals surface area contributed by atoms with Crippen LogP contribution in [0.3, 0.4) is 0 Å². The Morgan fingerprint density at radius 1 is 1.50 bits per heavy atom. The lowest BCUT2D eigenvalue weighted by atomic mass is 9.87. The van der Waals surface area contributed by atoms with E-state index in [2.05, 4.69) is 26.5 Å². The minimum absolute atomic E-state index is 0.307. The van der Waals surface area contributed by atoms with Gasteiger partial charge in [-0.15, -0.1) is 0 Å². The summed E-state index contributed by atoms with van der Waals surface area (Å²) in [7, 11) is 0. The van der Waals surface area contributed by atoms with Gasteiger partial charge in [-0.2, -0.15) is 0 Å². The van der Waals surface area contributed by atoms with Crippen molar-refractivity contribution in [2.24, 2.45) is 5.92 Å². The van der Waals surface area contributed by atoms with Crippen LogP contribution in [0, 0.1) is 5.92 Å². The molecule has 16 heavy (non-hydrogen) atoms. The van der Waals surface area contributed by atoms with Crippen LogP contribution in [0.1, 0.15) is 40.0 Å². The Balaban J connectivity index is 2.44. The summed E-state index contributed by atoms with van der Waals surface area (Å²) in [6.07, 6.45) is 5.72. The largest absolute Gasteiger partial charge is 0.356 e. The summed E-state index contributed by atoms with van der Waals surface area (Å²) in [5, 5.41) is 0. The highest BCUT2D eigenvalue weighted by atomic mass is 16.7. The van der Waals surface area contributed by atoms with Gasteiger partial charge in [0.2, 0.25) is 0 Å². The zero-order valence-electron chi connectivity index (χ0n) is 10.8. The number of allylic oxidation sites excluding steroid dienone is 2. The van der Waals surface area contributed by atoms with E-state index in [-0.39, 0.29) is 0 Å². The van der Waals surface area contributed by atoms with Gasteiger partial charge in [-0.3, -0.25) is 0 Å². The van der Waals surface area contributed by atoms with Crippen molar-refractivity contribution in [2.75, 3.05) is 13.4 Å². The van der Waals surface area contributed by atoms with E-state index in [0.717, 1.165) is 19.3 Å². The van der Waals surface area contributed by atoms with Crippen molar-refractivity contribution in [3.05, 3.63) is 23.8 Å². The molecule has 1 aliphatic rings. The summed E-state index contributed by atoms with van der Waals surface area (Å²) in [6.45, 7) is 11.6. The Hall–Kier alpha value is -0.600. The van der Waals surface area contributed by atoms with Gasteiger partial charge in [0.1, 0.15) is 6.79 Å². The second kappa shape index (κ2) is 6.87. The van der Waals surface area contributed by atoms with Crippen LogP contribution < -0.4 is 0 Å². The van der Waals surface area contributed by atoms with E-state index >= 15 is 0 Å². The van der Waals surface area contributed by atoms with Crippen molar-refractivity contribution >= 4 is 0 Å². The third-order valence-electron chi connectivity index (χ3n) is 2.80. The Morgan fingerprint density at radius 3 is 2.88 bits per heavy atom. The fraction of sp³-hybridized carbons (Fsp3) is 0.714. The van der Waals surface area contributed by atoms with Crippen molar-refractivity contribution < 1.29 is 9.47 Å². The molecule has 0 heterocycles. The van der Waals surface area contributed by atoms with E-state index in [1.807, 2.05) is 6.92 Å². The summed E-state index contributed by atoms with van der Waals surface area (Å²) in [5.74, 6) is 0.581. The predicted octanol–water partition coefficient (Wildman–Crippen LogP) is 3.69. The van der Waals surface area contributed by atoms with Crippen LogP contribution in [-0.2, 0) is 9.47 Å². The smallest absolute Gasteiger partial charge is 0.147 e. The quantitative estimate of drug-likeness (QED) is 0.524. The van der Waals surface area contributed by atoms with Crippen molar-refractivity contribution in [3.63, 3.8) is 0 Å².